The van der Waals surface area contributed by atoms with Crippen molar-refractivity contribution in [1.82, 2.24) is 40.9 Å². The molecule has 4 aliphatic heterocycles. The SMILES string of the molecule is Cc1ncsc1-c1ccc([C@]2(C)N=C([C@H]3C[C@@H](O)CN3CC(C)(C)[C@@H](C=O)NC(=O)CCCCCCCCCCNC(=O)C3=C(CS(C)(=O)=O)c4ccn(C)c(=O)c4C4=C5C3=CN(c3ncc(F)cc3F)C5CCN4)NO2)cc1. The molecule has 5 atom stereocenters. The van der Waals surface area contributed by atoms with Gasteiger partial charge in [-0.3, -0.25) is 19.3 Å². The lowest BCUT2D eigenvalue weighted by Gasteiger charge is -2.37. The molecule has 4 aromatic rings. The number of rotatable bonds is 23. The zero-order valence-corrected chi connectivity index (χ0v) is 47.2. The molecule has 1 aliphatic carbocycles. The molecular weight excluding hydrogens is 1050 g/mol. The number of sulfone groups is 1. The molecule has 5 N–H and O–H groups in total. The Hall–Kier alpha value is -6.46. The van der Waals surface area contributed by atoms with Crippen molar-refractivity contribution in [3.8, 4) is 10.4 Å². The predicted molar refractivity (Wildman–Crippen MR) is 300 cm³/mol. The molecular formula is C57H70F2N10O8S2. The summed E-state index contributed by atoms with van der Waals surface area (Å²) in [4.78, 5) is 78.4. The van der Waals surface area contributed by atoms with Gasteiger partial charge in [0.1, 0.15) is 17.9 Å². The summed E-state index contributed by atoms with van der Waals surface area (Å²) in [5.41, 5.74) is 7.73. The molecule has 5 aliphatic rings. The van der Waals surface area contributed by atoms with Gasteiger partial charge in [-0.15, -0.1) is 11.3 Å². The number of aromatic nitrogens is 3. The molecule has 2 amide bonds. The van der Waals surface area contributed by atoms with Gasteiger partial charge in [0.15, 0.2) is 21.5 Å². The van der Waals surface area contributed by atoms with Crippen LogP contribution in [-0.4, -0.2) is 119 Å². The van der Waals surface area contributed by atoms with Crippen LogP contribution in [0.5, 0.6) is 0 Å². The van der Waals surface area contributed by atoms with E-state index in [-0.39, 0.29) is 47.4 Å². The van der Waals surface area contributed by atoms with Crippen LogP contribution in [0.25, 0.3) is 21.7 Å². The summed E-state index contributed by atoms with van der Waals surface area (Å²) in [5, 5.41) is 20.1. The Morgan fingerprint density at radius 3 is 2.46 bits per heavy atom. The summed E-state index contributed by atoms with van der Waals surface area (Å²) in [6.45, 7) is 9.19. The number of aryl methyl sites for hydroxylation is 2. The first kappa shape index (κ1) is 57.2. The number of aliphatic imine (C=N–C) groups is 1. The minimum absolute atomic E-state index is 0.0628. The third kappa shape index (κ3) is 12.5. The van der Waals surface area contributed by atoms with E-state index in [1.54, 1.807) is 30.7 Å². The molecule has 1 saturated heterocycles. The van der Waals surface area contributed by atoms with E-state index in [1.807, 2.05) is 57.5 Å². The van der Waals surface area contributed by atoms with Gasteiger partial charge in [-0.1, -0.05) is 76.6 Å². The van der Waals surface area contributed by atoms with Crippen molar-refractivity contribution in [3.05, 3.63) is 122 Å². The molecule has 1 aromatic carbocycles. The number of nitrogens with one attached hydrogen (secondary N) is 4. The van der Waals surface area contributed by atoms with Crippen LogP contribution in [0.4, 0.5) is 14.6 Å². The van der Waals surface area contributed by atoms with E-state index in [0.717, 1.165) is 85.0 Å². The first-order valence-corrected chi connectivity index (χ1v) is 30.0. The fraction of sp³-hybridized carbons (Fsp3) is 0.491. The third-order valence-corrected chi connectivity index (χ3v) is 17.4. The lowest BCUT2D eigenvalue weighted by atomic mass is 9.84. The summed E-state index contributed by atoms with van der Waals surface area (Å²) in [6, 6.07) is 8.79. The first-order valence-electron chi connectivity index (χ1n) is 27.1. The van der Waals surface area contributed by atoms with Crippen molar-refractivity contribution in [2.24, 2.45) is 17.5 Å². The Morgan fingerprint density at radius 2 is 1.77 bits per heavy atom. The van der Waals surface area contributed by atoms with Gasteiger partial charge in [0.05, 0.1) is 69.1 Å². The van der Waals surface area contributed by atoms with Crippen molar-refractivity contribution in [2.75, 3.05) is 43.1 Å². The lowest BCUT2D eigenvalue weighted by Crippen LogP contribution is -2.53. The largest absolute Gasteiger partial charge is 0.392 e. The van der Waals surface area contributed by atoms with Crippen molar-refractivity contribution >= 4 is 62.2 Å². The van der Waals surface area contributed by atoms with E-state index in [9.17, 15) is 37.1 Å². The fourth-order valence-electron chi connectivity index (χ4n) is 11.5. The summed E-state index contributed by atoms with van der Waals surface area (Å²) < 4.78 is 57.0. The normalized spacial score (nSPS) is 21.4. The third-order valence-electron chi connectivity index (χ3n) is 15.6. The standard InChI is InChI=1S/C57H70F2N10O8S2/c1-34-51(78-33-63-34)35-16-18-36(19-17-35)57(4)65-52(66-77-57)44-26-38(71)28-68(44)32-56(2,3)45(30-70)64-46(72)15-13-11-9-7-8-10-12-14-22-61-54(73)47-40-29-69(53-42(59)25-37(58)27-62-53)43-20-23-60-50(48(40)43)49-39(21-24-67(5)55(49)74)41(47)31-79(6,75)76/h16-19,21,24-25,27,29-30,33,38,43-45,60,71H,7-15,20,22-23,26,28,31-32H2,1-6H3,(H,61,73)(H,64,72)(H,65,66)/t38-,43?,44-,45-,57-/m1/s1. The van der Waals surface area contributed by atoms with E-state index in [1.165, 1.54) is 15.7 Å². The number of amidine groups is 1. The Morgan fingerprint density at radius 1 is 1.05 bits per heavy atom. The molecule has 1 fully saturated rings. The van der Waals surface area contributed by atoms with Gasteiger partial charge in [-0.05, 0) is 62.3 Å². The Kier molecular flexibility index (Phi) is 17.2. The van der Waals surface area contributed by atoms with Gasteiger partial charge in [0.2, 0.25) is 11.6 Å². The number of benzene rings is 1. The summed E-state index contributed by atoms with van der Waals surface area (Å²) in [6.07, 6.45) is 13.0. The van der Waals surface area contributed by atoms with Crippen LogP contribution in [0.2, 0.25) is 0 Å². The van der Waals surface area contributed by atoms with Crippen LogP contribution in [0, 0.1) is 24.0 Å². The maximum Gasteiger partial charge on any atom is 0.260 e. The van der Waals surface area contributed by atoms with Gasteiger partial charge in [0.25, 0.3) is 11.5 Å². The van der Waals surface area contributed by atoms with Crippen molar-refractivity contribution < 1.29 is 41.5 Å². The number of hydroxylamine groups is 1. The number of carbonyl (C=O) groups is 3. The molecule has 0 bridgehead atoms. The average molecular weight is 1130 g/mol. The number of pyridine rings is 2. The molecule has 18 nitrogen and oxygen atoms in total. The number of halogens is 2. The van der Waals surface area contributed by atoms with Crippen LogP contribution in [0.3, 0.4) is 0 Å². The number of aldehydes is 1. The summed E-state index contributed by atoms with van der Waals surface area (Å²) in [5.74, 6) is -2.62. The molecule has 0 spiro atoms. The molecule has 3 aromatic heterocycles. The van der Waals surface area contributed by atoms with E-state index in [4.69, 9.17) is 9.83 Å². The van der Waals surface area contributed by atoms with Crippen molar-refractivity contribution in [2.45, 2.75) is 128 Å². The minimum Gasteiger partial charge on any atom is -0.392 e. The minimum atomic E-state index is -3.77. The number of β-amino-alcohol motifs (C(OH)–C–C–N with tert-alkyl or cyclic N) is 1. The predicted octanol–water partition coefficient (Wildman–Crippen LogP) is 6.36. The zero-order chi connectivity index (χ0) is 56.4. The number of thiazole rings is 1. The Labute approximate surface area is 463 Å². The molecule has 0 saturated carbocycles. The quantitative estimate of drug-likeness (QED) is 0.0403. The summed E-state index contributed by atoms with van der Waals surface area (Å²) in [7, 11) is -2.19. The van der Waals surface area contributed by atoms with Gasteiger partial charge < -0.3 is 35.3 Å². The number of anilines is 1. The summed E-state index contributed by atoms with van der Waals surface area (Å²) >= 11 is 1.59. The number of hydrogen-bond acceptors (Lipinski definition) is 16. The fourth-order valence-corrected chi connectivity index (χ4v) is 13.2. The number of aliphatic hydroxyl groups is 1. The molecule has 0 radical (unpaired) electrons. The molecule has 7 heterocycles. The van der Waals surface area contributed by atoms with E-state index in [0.29, 0.717) is 73.6 Å². The number of amides is 2. The second kappa shape index (κ2) is 23.7. The molecule has 1 unspecified atom stereocenters. The second-order valence-electron chi connectivity index (χ2n) is 22.2. The van der Waals surface area contributed by atoms with Crippen molar-refractivity contribution in [3.63, 3.8) is 0 Å². The molecule has 422 valence electrons. The number of unbranched alkanes of at least 4 members (excludes halogenated alkanes) is 7. The number of carbonyl (C=O) groups excluding carboxylic acids is 3. The van der Waals surface area contributed by atoms with Crippen LogP contribution >= 0.6 is 11.3 Å². The molecule has 79 heavy (non-hydrogen) atoms. The van der Waals surface area contributed by atoms with Gasteiger partial charge >= 0.3 is 0 Å². The maximum absolute atomic E-state index is 15.4. The highest BCUT2D eigenvalue weighted by atomic mass is 32.2. The highest BCUT2D eigenvalue weighted by molar-refractivity contribution is 7.91. The smallest absolute Gasteiger partial charge is 0.260 e. The van der Waals surface area contributed by atoms with Crippen LogP contribution in [-0.2, 0) is 41.8 Å². The van der Waals surface area contributed by atoms with Gasteiger partial charge in [-0.25, -0.2) is 42.5 Å². The first-order chi connectivity index (χ1) is 37.7. The second-order valence-corrected chi connectivity index (χ2v) is 25.2. The van der Waals surface area contributed by atoms with E-state index in [2.05, 4.69) is 36.3 Å². The monoisotopic (exact) mass is 1120 g/mol. The van der Waals surface area contributed by atoms with E-state index < -0.39 is 68.0 Å². The lowest BCUT2D eigenvalue weighted by molar-refractivity contribution is -0.126. The highest BCUT2D eigenvalue weighted by Crippen LogP contribution is 2.47. The zero-order valence-electron chi connectivity index (χ0n) is 45.5. The Balaban J connectivity index is 0.737. The number of nitrogens with zero attached hydrogens (tertiary/aromatic N) is 6. The van der Waals surface area contributed by atoms with E-state index >= 15 is 4.39 Å². The number of fused-ring (bicyclic) bond motifs is 2. The van der Waals surface area contributed by atoms with Crippen molar-refractivity contribution in [1.29, 1.82) is 0 Å². The highest BCUT2D eigenvalue weighted by Gasteiger charge is 2.46. The average Bonchev–Trinajstić information content (AvgIpc) is 4.40. The molecule has 9 rings (SSSR count). The van der Waals surface area contributed by atoms with Crippen LogP contribution in [0.15, 0.2) is 87.0 Å². The molecule has 22 heteroatoms. The van der Waals surface area contributed by atoms with Gasteiger partial charge in [-0.2, -0.15) is 0 Å². The van der Waals surface area contributed by atoms with Crippen LogP contribution < -0.4 is 31.9 Å². The van der Waals surface area contributed by atoms with Gasteiger partial charge in [0, 0.05) is 86.5 Å². The number of aliphatic hydroxyl groups excluding tert-OH is 1. The maximum atomic E-state index is 15.4. The van der Waals surface area contributed by atoms with Crippen LogP contribution in [0.1, 0.15) is 114 Å². The number of likely N-dealkylation sites (tertiary alicyclic amines) is 1. The topological polar surface area (TPSA) is 230 Å². The Bertz CT molecular complexity index is 3300. The number of hydrogen-bond donors (Lipinski definition) is 5.